The molecule has 126 valence electrons. The predicted octanol–water partition coefficient (Wildman–Crippen LogP) is 4.77. The third kappa shape index (κ3) is 4.68. The molecule has 0 saturated heterocycles. The summed E-state index contributed by atoms with van der Waals surface area (Å²) in [5, 5.41) is 4.97. The zero-order chi connectivity index (χ0) is 16.8. The van der Waals surface area contributed by atoms with E-state index in [1.165, 1.54) is 41.6 Å². The Morgan fingerprint density at radius 2 is 1.91 bits per heavy atom. The van der Waals surface area contributed by atoms with Gasteiger partial charge in [0.05, 0.1) is 5.52 Å². The van der Waals surface area contributed by atoms with Gasteiger partial charge >= 0.3 is 0 Å². The molecule has 23 heavy (non-hydrogen) atoms. The van der Waals surface area contributed by atoms with Crippen molar-refractivity contribution in [2.45, 2.75) is 53.5 Å². The van der Waals surface area contributed by atoms with Crippen LogP contribution in [0.1, 0.15) is 44.7 Å². The summed E-state index contributed by atoms with van der Waals surface area (Å²) in [7, 11) is 0. The largest absolute Gasteiger partial charge is 0.382 e. The quantitative estimate of drug-likeness (QED) is 0.760. The molecule has 1 atom stereocenters. The van der Waals surface area contributed by atoms with Crippen molar-refractivity contribution in [2.24, 2.45) is 0 Å². The summed E-state index contributed by atoms with van der Waals surface area (Å²) in [5.74, 6) is 0. The van der Waals surface area contributed by atoms with E-state index in [0.29, 0.717) is 6.04 Å². The summed E-state index contributed by atoms with van der Waals surface area (Å²) < 4.78 is 0. The number of nitrogens with one attached hydrogen (secondary N) is 1. The molecule has 0 aliphatic rings. The van der Waals surface area contributed by atoms with Gasteiger partial charge in [0.2, 0.25) is 0 Å². The Morgan fingerprint density at radius 3 is 2.61 bits per heavy atom. The minimum absolute atomic E-state index is 0.468. The molecule has 0 unspecified atom stereocenters. The number of fused-ring (bicyclic) bond motifs is 1. The second-order valence-electron chi connectivity index (χ2n) is 6.55. The smallest absolute Gasteiger partial charge is 0.0723 e. The summed E-state index contributed by atoms with van der Waals surface area (Å²) in [6.45, 7) is 14.5. The number of benzene rings is 1. The SMILES string of the molecule is CCN(CC)CCC[C@@H](C)Nc1c(C)cnc2ccc(C)cc12. The molecule has 0 spiro atoms. The van der Waals surface area contributed by atoms with Crippen LogP contribution in [0.5, 0.6) is 0 Å². The van der Waals surface area contributed by atoms with Crippen LogP contribution >= 0.6 is 0 Å². The van der Waals surface area contributed by atoms with E-state index in [4.69, 9.17) is 0 Å². The van der Waals surface area contributed by atoms with E-state index in [-0.39, 0.29) is 0 Å². The zero-order valence-electron chi connectivity index (χ0n) is 15.3. The highest BCUT2D eigenvalue weighted by Crippen LogP contribution is 2.27. The predicted molar refractivity (Wildman–Crippen MR) is 101 cm³/mol. The summed E-state index contributed by atoms with van der Waals surface area (Å²) in [6.07, 6.45) is 4.39. The van der Waals surface area contributed by atoms with E-state index in [9.17, 15) is 0 Å². The maximum absolute atomic E-state index is 4.55. The minimum atomic E-state index is 0.468. The van der Waals surface area contributed by atoms with Crippen molar-refractivity contribution in [1.29, 1.82) is 0 Å². The number of pyridine rings is 1. The number of anilines is 1. The van der Waals surface area contributed by atoms with E-state index < -0.39 is 0 Å². The Kier molecular flexibility index (Phi) is 6.40. The molecule has 2 aromatic rings. The number of hydrogen-bond acceptors (Lipinski definition) is 3. The molecule has 0 amide bonds. The fourth-order valence-electron chi connectivity index (χ4n) is 3.08. The molecule has 1 aromatic heterocycles. The van der Waals surface area contributed by atoms with Gasteiger partial charge in [-0.05, 0) is 70.9 Å². The van der Waals surface area contributed by atoms with Crippen LogP contribution in [0, 0.1) is 13.8 Å². The second-order valence-corrected chi connectivity index (χ2v) is 6.55. The van der Waals surface area contributed by atoms with Gasteiger partial charge in [0, 0.05) is 23.3 Å². The standard InChI is InChI=1S/C20H31N3/c1-6-23(7-2)12-8-9-17(5)22-20-16(4)14-21-19-11-10-15(3)13-18(19)20/h10-11,13-14,17H,6-9,12H2,1-5H3,(H,21,22)/t17-/m1/s1. The van der Waals surface area contributed by atoms with Gasteiger partial charge in [0.25, 0.3) is 0 Å². The van der Waals surface area contributed by atoms with Crippen LogP contribution < -0.4 is 5.32 Å². The van der Waals surface area contributed by atoms with Crippen LogP contribution in [0.2, 0.25) is 0 Å². The van der Waals surface area contributed by atoms with Crippen molar-refractivity contribution < 1.29 is 0 Å². The minimum Gasteiger partial charge on any atom is -0.382 e. The van der Waals surface area contributed by atoms with E-state index in [1.54, 1.807) is 0 Å². The third-order valence-corrected chi connectivity index (χ3v) is 4.61. The van der Waals surface area contributed by atoms with Gasteiger partial charge in [0.15, 0.2) is 0 Å². The molecule has 2 rings (SSSR count). The van der Waals surface area contributed by atoms with Crippen molar-refractivity contribution in [3.8, 4) is 0 Å². The molecule has 0 saturated carbocycles. The fraction of sp³-hybridized carbons (Fsp3) is 0.550. The molecule has 1 aromatic carbocycles. The third-order valence-electron chi connectivity index (χ3n) is 4.61. The van der Waals surface area contributed by atoms with Crippen molar-refractivity contribution in [1.82, 2.24) is 9.88 Å². The summed E-state index contributed by atoms with van der Waals surface area (Å²) in [5.41, 5.74) is 4.81. The number of aryl methyl sites for hydroxylation is 2. The molecule has 0 aliphatic carbocycles. The molecule has 3 heteroatoms. The first-order chi connectivity index (χ1) is 11.0. The molecule has 0 aliphatic heterocycles. The molecule has 0 fully saturated rings. The van der Waals surface area contributed by atoms with Gasteiger partial charge in [-0.2, -0.15) is 0 Å². The number of nitrogens with zero attached hydrogens (tertiary/aromatic N) is 2. The van der Waals surface area contributed by atoms with E-state index >= 15 is 0 Å². The van der Waals surface area contributed by atoms with Gasteiger partial charge < -0.3 is 10.2 Å². The maximum atomic E-state index is 4.55. The average molecular weight is 313 g/mol. The molecular formula is C20H31N3. The lowest BCUT2D eigenvalue weighted by atomic mass is 10.1. The lowest BCUT2D eigenvalue weighted by Gasteiger charge is -2.21. The van der Waals surface area contributed by atoms with Crippen LogP contribution in [0.25, 0.3) is 10.9 Å². The highest BCUT2D eigenvalue weighted by Gasteiger charge is 2.10. The van der Waals surface area contributed by atoms with Crippen molar-refractivity contribution in [2.75, 3.05) is 25.0 Å². The summed E-state index contributed by atoms with van der Waals surface area (Å²) in [6, 6.07) is 6.94. The molecule has 0 bridgehead atoms. The lowest BCUT2D eigenvalue weighted by molar-refractivity contribution is 0.295. The second kappa shape index (κ2) is 8.30. The van der Waals surface area contributed by atoms with E-state index in [1.807, 2.05) is 6.20 Å². The van der Waals surface area contributed by atoms with Crippen LogP contribution in [0.3, 0.4) is 0 Å². The number of rotatable bonds is 8. The Bertz CT molecular complexity index is 627. The Balaban J connectivity index is 2.06. The average Bonchev–Trinajstić information content (AvgIpc) is 2.54. The normalized spacial score (nSPS) is 12.8. The van der Waals surface area contributed by atoms with E-state index in [2.05, 4.69) is 68.0 Å². The topological polar surface area (TPSA) is 28.2 Å². The summed E-state index contributed by atoms with van der Waals surface area (Å²) in [4.78, 5) is 7.04. The van der Waals surface area contributed by atoms with Crippen LogP contribution in [-0.4, -0.2) is 35.6 Å². The van der Waals surface area contributed by atoms with E-state index in [0.717, 1.165) is 18.6 Å². The lowest BCUT2D eigenvalue weighted by Crippen LogP contribution is -2.25. The zero-order valence-corrected chi connectivity index (χ0v) is 15.3. The monoisotopic (exact) mass is 313 g/mol. The van der Waals surface area contributed by atoms with Crippen LogP contribution in [0.4, 0.5) is 5.69 Å². The van der Waals surface area contributed by atoms with Crippen LogP contribution in [0.15, 0.2) is 24.4 Å². The number of aromatic nitrogens is 1. The number of hydrogen-bond donors (Lipinski definition) is 1. The fourth-order valence-corrected chi connectivity index (χ4v) is 3.08. The van der Waals surface area contributed by atoms with Gasteiger partial charge in [-0.25, -0.2) is 0 Å². The van der Waals surface area contributed by atoms with Crippen LogP contribution in [-0.2, 0) is 0 Å². The van der Waals surface area contributed by atoms with Gasteiger partial charge in [-0.15, -0.1) is 0 Å². The first-order valence-electron chi connectivity index (χ1n) is 8.90. The van der Waals surface area contributed by atoms with Gasteiger partial charge in [-0.3, -0.25) is 4.98 Å². The Labute approximate surface area is 141 Å². The highest BCUT2D eigenvalue weighted by atomic mass is 15.1. The van der Waals surface area contributed by atoms with Gasteiger partial charge in [0.1, 0.15) is 0 Å². The van der Waals surface area contributed by atoms with Crippen molar-refractivity contribution >= 4 is 16.6 Å². The molecular weight excluding hydrogens is 282 g/mol. The van der Waals surface area contributed by atoms with Crippen molar-refractivity contribution in [3.05, 3.63) is 35.5 Å². The molecule has 1 heterocycles. The first-order valence-corrected chi connectivity index (χ1v) is 8.90. The maximum Gasteiger partial charge on any atom is 0.0723 e. The van der Waals surface area contributed by atoms with Crippen molar-refractivity contribution in [3.63, 3.8) is 0 Å². The summed E-state index contributed by atoms with van der Waals surface area (Å²) >= 11 is 0. The first kappa shape index (κ1) is 17.7. The molecule has 1 N–H and O–H groups in total. The Morgan fingerprint density at radius 1 is 1.17 bits per heavy atom. The highest BCUT2D eigenvalue weighted by molar-refractivity contribution is 5.93. The molecule has 3 nitrogen and oxygen atoms in total. The molecule has 0 radical (unpaired) electrons. The van der Waals surface area contributed by atoms with Gasteiger partial charge in [-0.1, -0.05) is 25.5 Å². The Hall–Kier alpha value is -1.61.